The van der Waals surface area contributed by atoms with E-state index in [1.807, 2.05) is 0 Å². The van der Waals surface area contributed by atoms with Crippen LogP contribution in [0.5, 0.6) is 0 Å². The van der Waals surface area contributed by atoms with Crippen molar-refractivity contribution >= 4 is 7.82 Å². The molecule has 0 aliphatic rings. The summed E-state index contributed by atoms with van der Waals surface area (Å²) in [6.07, 6.45) is 0. The van der Waals surface area contributed by atoms with Crippen LogP contribution in [0.15, 0.2) is 0 Å². The summed E-state index contributed by atoms with van der Waals surface area (Å²) in [6, 6.07) is 0. The predicted octanol–water partition coefficient (Wildman–Crippen LogP) is 0.360. The molecule has 0 saturated carbocycles. The molecule has 6 heteroatoms. The van der Waals surface area contributed by atoms with Gasteiger partial charge in [0.1, 0.15) is 0 Å². The maximum absolute atomic E-state index is 8.88. The molecule has 0 amide bonds. The number of hydrogen-bond acceptors (Lipinski definition) is 1. The van der Waals surface area contributed by atoms with E-state index in [1.165, 1.54) is 0 Å². The fourth-order valence-electron chi connectivity index (χ4n) is 0. The van der Waals surface area contributed by atoms with E-state index in [2.05, 4.69) is 6.92 Å². The van der Waals surface area contributed by atoms with Gasteiger partial charge in [-0.25, -0.2) is 4.57 Å². The molecule has 9 heavy (non-hydrogen) atoms. The molecule has 0 unspecified atom stereocenters. The van der Waals surface area contributed by atoms with Crippen molar-refractivity contribution in [3.8, 4) is 0 Å². The third-order valence-electron chi connectivity index (χ3n) is 0. The van der Waals surface area contributed by atoms with Gasteiger partial charge < -0.3 is 29.0 Å². The first-order valence-corrected chi connectivity index (χ1v) is 3.05. The van der Waals surface area contributed by atoms with E-state index in [1.54, 1.807) is 6.92 Å². The molecular formula is C3H11O4PZn. The van der Waals surface area contributed by atoms with E-state index in [0.717, 1.165) is 0 Å². The van der Waals surface area contributed by atoms with Gasteiger partial charge in [0.15, 0.2) is 0 Å². The summed E-state index contributed by atoms with van der Waals surface area (Å²) in [5.41, 5.74) is 0. The molecule has 54 valence electrons. The molecule has 0 atom stereocenters. The summed E-state index contributed by atoms with van der Waals surface area (Å²) in [5.74, 6) is 0. The summed E-state index contributed by atoms with van der Waals surface area (Å²) >= 11 is 0. The zero-order chi connectivity index (χ0) is 6.50. The molecule has 0 bridgehead atoms. The maximum atomic E-state index is 8.88. The molecule has 0 aliphatic heterocycles. The Hall–Kier alpha value is 0.733. The second-order valence-corrected chi connectivity index (χ2v) is 1.54. The molecule has 0 aromatic heterocycles. The van der Waals surface area contributed by atoms with E-state index in [4.69, 9.17) is 19.2 Å². The first-order valence-electron chi connectivity index (χ1n) is 1.49. The van der Waals surface area contributed by atoms with Crippen LogP contribution in [0.1, 0.15) is 6.92 Å². The average molecular weight is 207 g/mol. The van der Waals surface area contributed by atoms with Gasteiger partial charge in [-0.15, -0.1) is 0 Å². The average Bonchev–Trinajstić information content (AvgIpc) is 1.36. The van der Waals surface area contributed by atoms with Gasteiger partial charge in [0.05, 0.1) is 0 Å². The van der Waals surface area contributed by atoms with Crippen LogP contribution in [0.25, 0.3) is 0 Å². The Morgan fingerprint density at radius 3 is 1.22 bits per heavy atom. The minimum atomic E-state index is -4.64. The Morgan fingerprint density at radius 2 is 1.22 bits per heavy atom. The van der Waals surface area contributed by atoms with Crippen LogP contribution in [0.2, 0.25) is 0 Å². The predicted molar refractivity (Wildman–Crippen MR) is 31.7 cm³/mol. The molecule has 0 heterocycles. The van der Waals surface area contributed by atoms with Crippen LogP contribution in [0, 0.1) is 14.4 Å². The van der Waals surface area contributed by atoms with Crippen LogP contribution in [0.4, 0.5) is 0 Å². The van der Waals surface area contributed by atoms with Crippen LogP contribution in [0.3, 0.4) is 0 Å². The van der Waals surface area contributed by atoms with Crippen LogP contribution in [-0.4, -0.2) is 14.7 Å². The Kier molecular flexibility index (Phi) is 28.9. The smallest absolute Gasteiger partial charge is 0.358 e. The zero-order valence-corrected chi connectivity index (χ0v) is 9.47. The van der Waals surface area contributed by atoms with Gasteiger partial charge in [0.25, 0.3) is 0 Å². The van der Waals surface area contributed by atoms with Crippen molar-refractivity contribution in [3.63, 3.8) is 0 Å². The summed E-state index contributed by atoms with van der Waals surface area (Å²) in [4.78, 5) is 21.6. The van der Waals surface area contributed by atoms with Crippen molar-refractivity contribution in [1.82, 2.24) is 0 Å². The standard InChI is InChI=1S/C2H5.CH3.H3O4P.Zn/c1-2;;1-5(2,3)4;/h1H2,2H3;1H3;(H3,1,2,3,4);/q2*-1;;+2. The SMILES string of the molecule is O=P(O)(O)O.[CH2-]C.[CH3-].[Zn+2]. The molecule has 0 aromatic rings. The van der Waals surface area contributed by atoms with Gasteiger partial charge in [0.2, 0.25) is 0 Å². The molecule has 3 N–H and O–H groups in total. The second-order valence-electron chi connectivity index (χ2n) is 0.513. The number of rotatable bonds is 0. The Labute approximate surface area is 68.3 Å². The summed E-state index contributed by atoms with van der Waals surface area (Å²) in [6.45, 7) is 5.00. The van der Waals surface area contributed by atoms with Crippen LogP contribution in [-0.2, 0) is 24.0 Å². The molecule has 0 rings (SSSR count). The first kappa shape index (κ1) is 22.6. The van der Waals surface area contributed by atoms with Crippen molar-refractivity contribution < 1.29 is 38.7 Å². The van der Waals surface area contributed by atoms with E-state index < -0.39 is 7.82 Å². The van der Waals surface area contributed by atoms with E-state index in [0.29, 0.717) is 0 Å². The third-order valence-corrected chi connectivity index (χ3v) is 0. The van der Waals surface area contributed by atoms with Crippen LogP contribution < -0.4 is 0 Å². The number of phosphoric acid groups is 1. The monoisotopic (exact) mass is 206 g/mol. The first-order chi connectivity index (χ1) is 3.00. The molecule has 0 saturated heterocycles. The fourth-order valence-corrected chi connectivity index (χ4v) is 0. The Bertz CT molecular complexity index is 61.9. The van der Waals surface area contributed by atoms with Crippen molar-refractivity contribution in [2.45, 2.75) is 6.92 Å². The zero-order valence-electron chi connectivity index (χ0n) is 5.61. The van der Waals surface area contributed by atoms with Gasteiger partial charge in [-0.05, 0) is 0 Å². The molecule has 0 aromatic carbocycles. The Morgan fingerprint density at radius 1 is 1.22 bits per heavy atom. The fraction of sp³-hybridized carbons (Fsp3) is 0.333. The minimum absolute atomic E-state index is 0. The van der Waals surface area contributed by atoms with Gasteiger partial charge in [-0.2, -0.15) is 6.92 Å². The van der Waals surface area contributed by atoms with Crippen molar-refractivity contribution in [1.29, 1.82) is 0 Å². The minimum Gasteiger partial charge on any atom is -0.358 e. The maximum Gasteiger partial charge on any atom is 2.00 e. The van der Waals surface area contributed by atoms with Crippen molar-refractivity contribution in [3.05, 3.63) is 14.4 Å². The van der Waals surface area contributed by atoms with E-state index in [-0.39, 0.29) is 26.9 Å². The quantitative estimate of drug-likeness (QED) is 0.304. The van der Waals surface area contributed by atoms with Crippen molar-refractivity contribution in [2.24, 2.45) is 0 Å². The molecule has 4 nitrogen and oxygen atoms in total. The number of hydrogen-bond donors (Lipinski definition) is 3. The molecule has 0 spiro atoms. The molecule has 0 fully saturated rings. The molecular weight excluding hydrogens is 196 g/mol. The van der Waals surface area contributed by atoms with Crippen molar-refractivity contribution in [2.75, 3.05) is 0 Å². The van der Waals surface area contributed by atoms with Gasteiger partial charge >= 0.3 is 27.3 Å². The van der Waals surface area contributed by atoms with E-state index in [9.17, 15) is 0 Å². The second kappa shape index (κ2) is 11.5. The summed E-state index contributed by atoms with van der Waals surface area (Å²) in [7, 11) is -4.64. The normalized spacial score (nSPS) is 7.22. The van der Waals surface area contributed by atoms with Crippen LogP contribution >= 0.6 is 7.82 Å². The topological polar surface area (TPSA) is 77.8 Å². The largest absolute Gasteiger partial charge is 2.00 e. The molecule has 0 radical (unpaired) electrons. The summed E-state index contributed by atoms with van der Waals surface area (Å²) in [5, 5.41) is 0. The van der Waals surface area contributed by atoms with Gasteiger partial charge in [-0.1, -0.05) is 0 Å². The molecule has 0 aliphatic carbocycles. The van der Waals surface area contributed by atoms with E-state index >= 15 is 0 Å². The van der Waals surface area contributed by atoms with Gasteiger partial charge in [-0.3, -0.25) is 0 Å². The summed E-state index contributed by atoms with van der Waals surface area (Å²) < 4.78 is 8.88. The van der Waals surface area contributed by atoms with Gasteiger partial charge in [0, 0.05) is 0 Å². The Balaban J connectivity index is -0.0000000286. The third kappa shape index (κ3) is 736.